The third kappa shape index (κ3) is 5.36. The average molecular weight is 562 g/mol. The predicted molar refractivity (Wildman–Crippen MR) is 136 cm³/mol. The van der Waals surface area contributed by atoms with Gasteiger partial charge in [0, 0.05) is 25.2 Å². The molecule has 3 aliphatic heterocycles. The molecular formula is C28H34F3N5O4. The molecule has 3 amide bonds. The SMILES string of the molecule is C[C@H](c1cccc(C(F)(F)F)c1)N1C(=O)[C@@H]2CC1CN2C[C@H](NC(=O)OC(C)(C)C)C(=O)N1[C@H](C#N)C[C@@H]2C[C@@H]21. The molecule has 12 heteroatoms. The van der Waals surface area contributed by atoms with Crippen molar-refractivity contribution in [1.29, 1.82) is 5.26 Å². The van der Waals surface area contributed by atoms with Gasteiger partial charge in [0.1, 0.15) is 17.7 Å². The Bertz CT molecular complexity index is 1240. The molecule has 1 N–H and O–H groups in total. The fraction of sp³-hybridized carbons (Fsp3) is 0.643. The molecule has 4 fully saturated rings. The van der Waals surface area contributed by atoms with Gasteiger partial charge in [0.25, 0.3) is 0 Å². The van der Waals surface area contributed by atoms with E-state index in [1.54, 1.807) is 43.6 Å². The Morgan fingerprint density at radius 2 is 1.93 bits per heavy atom. The fourth-order valence-corrected chi connectivity index (χ4v) is 6.47. The largest absolute Gasteiger partial charge is 0.444 e. The fourth-order valence-electron chi connectivity index (χ4n) is 6.47. The molecule has 0 aromatic heterocycles. The molecule has 2 bridgehead atoms. The normalized spacial score (nSPS) is 29.1. The number of fused-ring (bicyclic) bond motifs is 3. The number of halogens is 3. The van der Waals surface area contributed by atoms with Gasteiger partial charge >= 0.3 is 12.3 Å². The second-order valence-electron chi connectivity index (χ2n) is 12.3. The first-order chi connectivity index (χ1) is 18.7. The molecule has 7 atom stereocenters. The summed E-state index contributed by atoms with van der Waals surface area (Å²) in [5.74, 6) is -0.291. The summed E-state index contributed by atoms with van der Waals surface area (Å²) in [7, 11) is 0. The van der Waals surface area contributed by atoms with Crippen LogP contribution in [-0.4, -0.2) is 81.5 Å². The molecule has 9 nitrogen and oxygen atoms in total. The third-order valence-corrected chi connectivity index (χ3v) is 8.34. The lowest BCUT2D eigenvalue weighted by atomic mass is 10.0. The lowest BCUT2D eigenvalue weighted by Crippen LogP contribution is -2.59. The Kier molecular flexibility index (Phi) is 7.01. The standard InChI is InChI=1S/C28H34F3N5O4/c1-15(16-6-5-7-18(8-16)28(29,30)31)35-20-11-23(25(35)38)34(13-20)14-21(33-26(39)40-27(2,3)4)24(37)36-19(12-32)9-17-10-22(17)36/h5-8,15,17,19-23H,9-11,13-14H2,1-4H3,(H,33,39)/t15-,17-,19+,20?,21+,22+,23+/m1/s1. The summed E-state index contributed by atoms with van der Waals surface area (Å²) in [5.41, 5.74) is -1.15. The molecule has 1 aromatic carbocycles. The maximum atomic E-state index is 13.7. The molecule has 0 radical (unpaired) electrons. The van der Waals surface area contributed by atoms with Crippen molar-refractivity contribution >= 4 is 17.9 Å². The van der Waals surface area contributed by atoms with E-state index in [2.05, 4.69) is 11.4 Å². The minimum Gasteiger partial charge on any atom is -0.444 e. The lowest BCUT2D eigenvalue weighted by Gasteiger charge is -2.39. The number of hydrogen-bond acceptors (Lipinski definition) is 6. The molecule has 1 saturated carbocycles. The smallest absolute Gasteiger partial charge is 0.416 e. The van der Waals surface area contributed by atoms with Crippen LogP contribution in [0, 0.1) is 17.2 Å². The first-order valence-corrected chi connectivity index (χ1v) is 13.6. The number of carbonyl (C=O) groups is 3. The van der Waals surface area contributed by atoms with E-state index < -0.39 is 47.6 Å². The van der Waals surface area contributed by atoms with Crippen LogP contribution in [-0.2, 0) is 20.5 Å². The number of nitriles is 1. The van der Waals surface area contributed by atoms with Crippen molar-refractivity contribution in [2.24, 2.45) is 5.92 Å². The van der Waals surface area contributed by atoms with E-state index in [0.717, 1.165) is 18.6 Å². The maximum absolute atomic E-state index is 13.7. The quantitative estimate of drug-likeness (QED) is 0.571. The number of likely N-dealkylation sites (tertiary alicyclic amines) is 3. The number of nitrogens with one attached hydrogen (secondary N) is 1. The molecule has 1 aliphatic carbocycles. The molecule has 0 spiro atoms. The van der Waals surface area contributed by atoms with Crippen molar-refractivity contribution in [1.82, 2.24) is 20.0 Å². The molecule has 3 saturated heterocycles. The van der Waals surface area contributed by atoms with Crippen molar-refractivity contribution < 1.29 is 32.3 Å². The van der Waals surface area contributed by atoms with E-state index in [0.29, 0.717) is 30.9 Å². The van der Waals surface area contributed by atoms with Crippen LogP contribution in [0.15, 0.2) is 24.3 Å². The molecular weight excluding hydrogens is 527 g/mol. The van der Waals surface area contributed by atoms with Crippen LogP contribution in [0.25, 0.3) is 0 Å². The average Bonchev–Trinajstić information content (AvgIpc) is 3.18. The van der Waals surface area contributed by atoms with E-state index in [1.165, 1.54) is 6.07 Å². The molecule has 3 heterocycles. The van der Waals surface area contributed by atoms with E-state index in [1.807, 2.05) is 4.90 Å². The van der Waals surface area contributed by atoms with Crippen molar-refractivity contribution in [3.8, 4) is 6.07 Å². The molecule has 40 heavy (non-hydrogen) atoms. The highest BCUT2D eigenvalue weighted by Crippen LogP contribution is 2.48. The minimum absolute atomic E-state index is 0.0134. The minimum atomic E-state index is -4.48. The monoisotopic (exact) mass is 561 g/mol. The van der Waals surface area contributed by atoms with Crippen LogP contribution in [0.1, 0.15) is 64.1 Å². The van der Waals surface area contributed by atoms with Gasteiger partial charge in [-0.15, -0.1) is 0 Å². The highest BCUT2D eigenvalue weighted by atomic mass is 19.4. The van der Waals surface area contributed by atoms with Crippen molar-refractivity contribution in [2.75, 3.05) is 13.1 Å². The Morgan fingerprint density at radius 3 is 2.55 bits per heavy atom. The third-order valence-electron chi connectivity index (χ3n) is 8.34. The van der Waals surface area contributed by atoms with Gasteiger partial charge in [0.15, 0.2) is 0 Å². The summed E-state index contributed by atoms with van der Waals surface area (Å²) in [4.78, 5) is 44.9. The van der Waals surface area contributed by atoms with Crippen LogP contribution in [0.2, 0.25) is 0 Å². The van der Waals surface area contributed by atoms with Gasteiger partial charge in [-0.3, -0.25) is 14.5 Å². The number of amides is 3. The molecule has 1 aromatic rings. The Hall–Kier alpha value is -3.33. The van der Waals surface area contributed by atoms with Crippen LogP contribution in [0.5, 0.6) is 0 Å². The highest BCUT2D eigenvalue weighted by Gasteiger charge is 2.56. The molecule has 1 unspecified atom stereocenters. The highest BCUT2D eigenvalue weighted by molar-refractivity contribution is 5.89. The number of carbonyl (C=O) groups excluding carboxylic acids is 3. The van der Waals surface area contributed by atoms with Gasteiger partial charge in [0.2, 0.25) is 11.8 Å². The summed E-state index contributed by atoms with van der Waals surface area (Å²) in [6.07, 6.45) is -3.32. The first kappa shape index (κ1) is 28.2. The zero-order chi connectivity index (χ0) is 29.1. The Balaban J connectivity index is 1.31. The second-order valence-corrected chi connectivity index (χ2v) is 12.3. The van der Waals surface area contributed by atoms with Crippen molar-refractivity contribution in [2.45, 2.75) is 95.0 Å². The number of nitrogens with zero attached hydrogens (tertiary/aromatic N) is 4. The predicted octanol–water partition coefficient (Wildman–Crippen LogP) is 3.46. The summed E-state index contributed by atoms with van der Waals surface area (Å²) >= 11 is 0. The number of alkyl halides is 3. The zero-order valence-corrected chi connectivity index (χ0v) is 22.9. The van der Waals surface area contributed by atoms with Gasteiger partial charge in [-0.25, -0.2) is 4.79 Å². The van der Waals surface area contributed by atoms with Gasteiger partial charge in [-0.2, -0.15) is 18.4 Å². The summed E-state index contributed by atoms with van der Waals surface area (Å²) < 4.78 is 45.2. The topological polar surface area (TPSA) is 106 Å². The lowest BCUT2D eigenvalue weighted by molar-refractivity contribution is -0.141. The van der Waals surface area contributed by atoms with Crippen molar-refractivity contribution in [3.63, 3.8) is 0 Å². The summed E-state index contributed by atoms with van der Waals surface area (Å²) in [6.45, 7) is 7.32. The number of piperazine rings is 1. The number of ether oxygens (including phenoxy) is 1. The summed E-state index contributed by atoms with van der Waals surface area (Å²) in [6, 6.07) is 4.25. The number of piperidine rings is 1. The van der Waals surface area contributed by atoms with Gasteiger partial charge in [-0.05, 0) is 70.6 Å². The number of alkyl carbamates (subject to hydrolysis) is 1. The molecule has 216 valence electrons. The second kappa shape index (κ2) is 9.94. The summed E-state index contributed by atoms with van der Waals surface area (Å²) in [5, 5.41) is 12.3. The van der Waals surface area contributed by atoms with Crippen LogP contribution in [0.4, 0.5) is 18.0 Å². The van der Waals surface area contributed by atoms with Gasteiger partial charge in [-0.1, -0.05) is 12.1 Å². The number of hydrogen-bond donors (Lipinski definition) is 1. The number of rotatable bonds is 6. The van der Waals surface area contributed by atoms with Gasteiger partial charge in [0.05, 0.1) is 23.7 Å². The van der Waals surface area contributed by atoms with E-state index in [9.17, 15) is 32.8 Å². The Morgan fingerprint density at radius 1 is 1.20 bits per heavy atom. The van der Waals surface area contributed by atoms with Gasteiger partial charge < -0.3 is 19.9 Å². The molecule has 5 rings (SSSR count). The van der Waals surface area contributed by atoms with E-state index in [-0.39, 0.29) is 30.4 Å². The zero-order valence-electron chi connectivity index (χ0n) is 22.9. The first-order valence-electron chi connectivity index (χ1n) is 13.6. The molecule has 4 aliphatic rings. The Labute approximate surface area is 231 Å². The van der Waals surface area contributed by atoms with E-state index in [4.69, 9.17) is 4.74 Å². The van der Waals surface area contributed by atoms with Crippen LogP contribution >= 0.6 is 0 Å². The van der Waals surface area contributed by atoms with Crippen LogP contribution < -0.4 is 5.32 Å². The maximum Gasteiger partial charge on any atom is 0.416 e. The van der Waals surface area contributed by atoms with E-state index >= 15 is 0 Å². The van der Waals surface area contributed by atoms with Crippen LogP contribution in [0.3, 0.4) is 0 Å². The van der Waals surface area contributed by atoms with Crippen molar-refractivity contribution in [3.05, 3.63) is 35.4 Å². The number of benzene rings is 1.